The first-order valence-corrected chi connectivity index (χ1v) is 14.1. The number of rotatable bonds is 8. The molecule has 2 aliphatic rings. The van der Waals surface area contributed by atoms with Gasteiger partial charge in [-0.1, -0.05) is 6.07 Å². The van der Waals surface area contributed by atoms with E-state index in [1.54, 1.807) is 24.4 Å². The Morgan fingerprint density at radius 2 is 1.89 bits per heavy atom. The zero-order valence-corrected chi connectivity index (χ0v) is 21.4. The van der Waals surface area contributed by atoms with E-state index < -0.39 is 22.1 Å². The fourth-order valence-corrected chi connectivity index (χ4v) is 5.34. The number of carbonyl (C=O) groups is 1. The van der Waals surface area contributed by atoms with Gasteiger partial charge in [-0.25, -0.2) is 27.2 Å². The number of fused-ring (bicyclic) bond motifs is 1. The van der Waals surface area contributed by atoms with Crippen molar-refractivity contribution in [3.05, 3.63) is 42.0 Å². The number of hydrogen-bond acceptors (Lipinski definition) is 7. The number of hydrogen-bond donors (Lipinski definition) is 3. The minimum Gasteiger partial charge on any atom is -0.352 e. The normalized spacial score (nSPS) is 15.8. The van der Waals surface area contributed by atoms with Crippen LogP contribution in [0.4, 0.5) is 26.0 Å². The Morgan fingerprint density at radius 1 is 1.13 bits per heavy atom. The van der Waals surface area contributed by atoms with Crippen molar-refractivity contribution in [2.75, 3.05) is 16.9 Å². The van der Waals surface area contributed by atoms with Crippen LogP contribution in [0.15, 0.2) is 35.4 Å². The van der Waals surface area contributed by atoms with Crippen LogP contribution in [0.3, 0.4) is 0 Å². The summed E-state index contributed by atoms with van der Waals surface area (Å²) in [6.07, 6.45) is 3.67. The molecule has 0 bridgehead atoms. The highest BCUT2D eigenvalue weighted by Gasteiger charge is 2.30. The predicted molar refractivity (Wildman–Crippen MR) is 137 cm³/mol. The summed E-state index contributed by atoms with van der Waals surface area (Å²) in [5.74, 6) is -0.746. The van der Waals surface area contributed by atoms with Crippen LogP contribution in [0, 0.1) is 12.8 Å². The third-order valence-electron chi connectivity index (χ3n) is 6.78. The highest BCUT2D eigenvalue weighted by Crippen LogP contribution is 2.39. The second-order valence-corrected chi connectivity index (χ2v) is 11.9. The van der Waals surface area contributed by atoms with Crippen molar-refractivity contribution < 1.29 is 22.0 Å². The van der Waals surface area contributed by atoms with E-state index in [0.717, 1.165) is 43.2 Å². The zero-order valence-electron chi connectivity index (χ0n) is 20.6. The number of alkyl halides is 2. The van der Waals surface area contributed by atoms with Gasteiger partial charge in [-0.2, -0.15) is 5.10 Å². The first-order valence-electron chi connectivity index (χ1n) is 12.2. The summed E-state index contributed by atoms with van der Waals surface area (Å²) in [6, 6.07) is 6.82. The lowest BCUT2D eigenvalue weighted by molar-refractivity contribution is -0.117. The van der Waals surface area contributed by atoms with Crippen LogP contribution in [-0.4, -0.2) is 45.3 Å². The molecule has 10 nitrogen and oxygen atoms in total. The lowest BCUT2D eigenvalue weighted by atomic mass is 10.1. The monoisotopic (exact) mass is 541 g/mol. The van der Waals surface area contributed by atoms with Crippen molar-refractivity contribution in [3.63, 3.8) is 0 Å². The molecule has 2 aliphatic carbocycles. The van der Waals surface area contributed by atoms with Gasteiger partial charge in [-0.3, -0.25) is 9.48 Å². The largest absolute Gasteiger partial charge is 0.352 e. The quantitative estimate of drug-likeness (QED) is 0.289. The number of imidazole rings is 1. The van der Waals surface area contributed by atoms with Crippen molar-refractivity contribution in [3.8, 4) is 11.1 Å². The summed E-state index contributed by atoms with van der Waals surface area (Å²) in [4.78, 5) is 23.0. The molecule has 0 saturated heterocycles. The molecule has 0 atom stereocenters. The van der Waals surface area contributed by atoms with Crippen LogP contribution in [0.5, 0.6) is 0 Å². The molecule has 3 heterocycles. The van der Waals surface area contributed by atoms with E-state index in [1.165, 1.54) is 6.07 Å². The summed E-state index contributed by atoms with van der Waals surface area (Å²) < 4.78 is 54.4. The smallest absolute Gasteiger partial charge is 0.295 e. The molecule has 198 valence electrons. The van der Waals surface area contributed by atoms with E-state index >= 15 is 0 Å². The Labute approximate surface area is 216 Å². The van der Waals surface area contributed by atoms with Crippen LogP contribution in [0.1, 0.15) is 49.7 Å². The number of amides is 1. The van der Waals surface area contributed by atoms with Gasteiger partial charge in [-0.15, -0.1) is 0 Å². The molecule has 1 aromatic carbocycles. The number of H-pyrrole nitrogens is 1. The number of sulfone groups is 1. The Hall–Kier alpha value is -3.87. The van der Waals surface area contributed by atoms with Gasteiger partial charge in [0.2, 0.25) is 5.91 Å². The number of pyridine rings is 1. The summed E-state index contributed by atoms with van der Waals surface area (Å²) in [6.45, 7) is 1.95. The van der Waals surface area contributed by atoms with E-state index in [2.05, 4.69) is 30.7 Å². The maximum absolute atomic E-state index is 13.4. The van der Waals surface area contributed by atoms with Gasteiger partial charge in [0.1, 0.15) is 11.3 Å². The topological polar surface area (TPSA) is 135 Å². The number of benzene rings is 1. The summed E-state index contributed by atoms with van der Waals surface area (Å²) in [7, 11) is -3.71. The van der Waals surface area contributed by atoms with Crippen molar-refractivity contribution in [1.29, 1.82) is 0 Å². The molecule has 3 N–H and O–H groups in total. The average molecular weight is 542 g/mol. The summed E-state index contributed by atoms with van der Waals surface area (Å²) >= 11 is 0. The van der Waals surface area contributed by atoms with Crippen molar-refractivity contribution in [2.24, 2.45) is 5.92 Å². The summed E-state index contributed by atoms with van der Waals surface area (Å²) in [5.41, 5.74) is 3.06. The highest BCUT2D eigenvalue weighted by atomic mass is 32.2. The fraction of sp³-hybridized carbons (Fsp3) is 0.360. The number of nitrogens with one attached hydrogen (secondary N) is 3. The Balaban J connectivity index is 1.42. The standard InChI is InChI=1S/C25H25F2N7O3S/c1-12-16(11-28-34(12)15-6-7-15)14-5-8-17(19(9-14)38(2,36)37)29-18-10-20(31-25(35)13-3-4-13)30-23-21(18)32-24(33-23)22(26)27/h5,8-11,13,15,22H,3-4,6-7H2,1-2H3,(H3,29,30,31,32,33,35). The number of nitrogens with zero attached hydrogens (tertiary/aromatic N) is 4. The molecule has 6 rings (SSSR count). The molecule has 3 aromatic heterocycles. The van der Waals surface area contributed by atoms with Gasteiger partial charge in [-0.05, 0) is 50.3 Å². The van der Waals surface area contributed by atoms with Gasteiger partial charge in [0, 0.05) is 29.5 Å². The SMILES string of the molecule is Cc1c(-c2ccc(Nc3cc(NC(=O)C4CC4)nc4[nH]c(C(F)F)nc34)c(S(C)(=O)=O)c2)cnn1C1CC1. The Bertz CT molecular complexity index is 1690. The van der Waals surface area contributed by atoms with Gasteiger partial charge in [0.15, 0.2) is 21.3 Å². The molecule has 1 amide bonds. The van der Waals surface area contributed by atoms with E-state index in [-0.39, 0.29) is 45.1 Å². The van der Waals surface area contributed by atoms with Gasteiger partial charge >= 0.3 is 0 Å². The number of halogens is 2. The number of aromatic nitrogens is 5. The van der Waals surface area contributed by atoms with Crippen LogP contribution in [0.25, 0.3) is 22.3 Å². The van der Waals surface area contributed by atoms with Gasteiger partial charge in [0.05, 0.1) is 28.5 Å². The second kappa shape index (κ2) is 8.86. The molecule has 0 spiro atoms. The maximum Gasteiger partial charge on any atom is 0.295 e. The van der Waals surface area contributed by atoms with E-state index in [1.807, 2.05) is 11.6 Å². The Kier molecular flexibility index (Phi) is 5.70. The van der Waals surface area contributed by atoms with Crippen LogP contribution < -0.4 is 10.6 Å². The third-order valence-corrected chi connectivity index (χ3v) is 7.91. The number of aromatic amines is 1. The van der Waals surface area contributed by atoms with Crippen molar-refractivity contribution >= 4 is 44.1 Å². The average Bonchev–Trinajstić information content (AvgIpc) is 3.79. The molecule has 38 heavy (non-hydrogen) atoms. The number of anilines is 3. The van der Waals surface area contributed by atoms with Gasteiger partial charge in [0.25, 0.3) is 6.43 Å². The molecule has 0 radical (unpaired) electrons. The van der Waals surface area contributed by atoms with Gasteiger partial charge < -0.3 is 15.6 Å². The lowest BCUT2D eigenvalue weighted by Crippen LogP contribution is -2.14. The fourth-order valence-electron chi connectivity index (χ4n) is 4.48. The first kappa shape index (κ1) is 24.5. The molecule has 2 fully saturated rings. The molecule has 4 aromatic rings. The van der Waals surface area contributed by atoms with E-state index in [0.29, 0.717) is 11.6 Å². The first-order chi connectivity index (χ1) is 18.1. The van der Waals surface area contributed by atoms with Crippen LogP contribution >= 0.6 is 0 Å². The highest BCUT2D eigenvalue weighted by molar-refractivity contribution is 7.90. The minimum absolute atomic E-state index is 0.0201. The molecular weight excluding hydrogens is 516 g/mol. The third kappa shape index (κ3) is 4.62. The summed E-state index contributed by atoms with van der Waals surface area (Å²) in [5, 5.41) is 10.2. The minimum atomic E-state index is -3.71. The Morgan fingerprint density at radius 3 is 2.55 bits per heavy atom. The molecule has 0 unspecified atom stereocenters. The van der Waals surface area contributed by atoms with Crippen molar-refractivity contribution in [2.45, 2.75) is 50.0 Å². The van der Waals surface area contributed by atoms with E-state index in [4.69, 9.17) is 0 Å². The van der Waals surface area contributed by atoms with Crippen molar-refractivity contribution in [1.82, 2.24) is 24.7 Å². The maximum atomic E-state index is 13.4. The van der Waals surface area contributed by atoms with E-state index in [9.17, 15) is 22.0 Å². The molecule has 13 heteroatoms. The second-order valence-electron chi connectivity index (χ2n) is 9.87. The van der Waals surface area contributed by atoms with Crippen LogP contribution in [0.2, 0.25) is 0 Å². The molecule has 0 aliphatic heterocycles. The van der Waals surface area contributed by atoms with Crippen LogP contribution in [-0.2, 0) is 14.6 Å². The molecule has 2 saturated carbocycles. The predicted octanol–water partition coefficient (Wildman–Crippen LogP) is 4.90. The molecular formula is C25H25F2N7O3S. The number of carbonyl (C=O) groups excluding carboxylic acids is 1. The lowest BCUT2D eigenvalue weighted by Gasteiger charge is -2.14. The zero-order chi connectivity index (χ0) is 26.8.